The summed E-state index contributed by atoms with van der Waals surface area (Å²) in [6.07, 6.45) is -3.35. The molecule has 0 bridgehead atoms. The van der Waals surface area contributed by atoms with Crippen LogP contribution in [0.15, 0.2) is 72.0 Å². The Bertz CT molecular complexity index is 1780. The van der Waals surface area contributed by atoms with E-state index >= 15 is 0 Å². The smallest absolute Gasteiger partial charge is 0.406 e. The van der Waals surface area contributed by atoms with E-state index in [0.29, 0.717) is 39.6 Å². The molecule has 1 aliphatic rings. The van der Waals surface area contributed by atoms with Crippen LogP contribution in [-0.2, 0) is 16.1 Å². The molecular weight excluding hydrogens is 668 g/mol. The third-order valence-electron chi connectivity index (χ3n) is 6.50. The molecule has 46 heavy (non-hydrogen) atoms. The van der Waals surface area contributed by atoms with Crippen LogP contribution in [0, 0.1) is 13.8 Å². The van der Waals surface area contributed by atoms with Gasteiger partial charge in [-0.05, 0) is 73.5 Å². The zero-order valence-corrected chi connectivity index (χ0v) is 26.5. The monoisotopic (exact) mass is 692 g/mol. The van der Waals surface area contributed by atoms with E-state index in [9.17, 15) is 22.8 Å². The molecule has 0 atom stereocenters. The maximum absolute atomic E-state index is 13.0. The third kappa shape index (κ3) is 8.37. The normalized spacial score (nSPS) is 14.4. The molecule has 10 nitrogen and oxygen atoms in total. The van der Waals surface area contributed by atoms with Crippen LogP contribution in [0.2, 0.25) is 0 Å². The number of aliphatic imine (C=N–C) groups is 1. The molecule has 4 aromatic rings. The van der Waals surface area contributed by atoms with Gasteiger partial charge in [-0.15, -0.1) is 41.5 Å². The van der Waals surface area contributed by atoms with Crippen LogP contribution < -0.4 is 15.0 Å². The number of urea groups is 1. The van der Waals surface area contributed by atoms with Crippen LogP contribution in [-0.4, -0.2) is 55.4 Å². The fraction of sp³-hybridized carbons (Fsp3) is 0.233. The highest BCUT2D eigenvalue weighted by Crippen LogP contribution is 2.32. The molecule has 1 N–H and O–H groups in total. The summed E-state index contributed by atoms with van der Waals surface area (Å²) in [7, 11) is 0. The Hall–Kier alpha value is -4.11. The molecule has 5 rings (SSSR count). The summed E-state index contributed by atoms with van der Waals surface area (Å²) in [4.78, 5) is 35.1. The average Bonchev–Trinajstić information content (AvgIpc) is 3.61. The van der Waals surface area contributed by atoms with Crippen LogP contribution in [0.25, 0.3) is 17.1 Å². The lowest BCUT2D eigenvalue weighted by Crippen LogP contribution is -2.31. The minimum atomic E-state index is -4.78. The molecule has 0 unspecified atom stereocenters. The second kappa shape index (κ2) is 14.1. The molecule has 1 aliphatic heterocycles. The molecule has 2 heterocycles. The molecular formula is C30H25Cl2F3N6O4S. The van der Waals surface area contributed by atoms with Crippen molar-refractivity contribution >= 4 is 63.4 Å². The first-order valence-electron chi connectivity index (χ1n) is 13.6. The molecule has 1 fully saturated rings. The number of aromatic nitrogens is 3. The third-order valence-corrected chi connectivity index (χ3v) is 7.67. The molecule has 0 radical (unpaired) electrons. The number of hydrogen-bond donors (Lipinski definition) is 1. The van der Waals surface area contributed by atoms with Crippen LogP contribution in [0.5, 0.6) is 5.75 Å². The number of carbonyl (C=O) groups excluding carboxylic acids is 2. The minimum absolute atomic E-state index is 0.108. The van der Waals surface area contributed by atoms with Crippen molar-refractivity contribution in [2.45, 2.75) is 31.7 Å². The lowest BCUT2D eigenvalue weighted by Gasteiger charge is -2.20. The lowest BCUT2D eigenvalue weighted by atomic mass is 10.1. The maximum Gasteiger partial charge on any atom is 0.573 e. The number of hydrogen-bond acceptors (Lipinski definition) is 7. The number of nitrogens with zero attached hydrogens (tertiary/aromatic N) is 5. The molecule has 0 aliphatic carbocycles. The predicted octanol–water partition coefficient (Wildman–Crippen LogP) is 7.44. The number of amides is 3. The number of carbonyl (C=O) groups is 2. The van der Waals surface area contributed by atoms with Crippen molar-refractivity contribution in [2.75, 3.05) is 22.6 Å². The number of thioether (sulfide) groups is 1. The van der Waals surface area contributed by atoms with Crippen molar-refractivity contribution in [3.63, 3.8) is 0 Å². The molecule has 3 amide bonds. The Morgan fingerprint density at radius 3 is 2.57 bits per heavy atom. The van der Waals surface area contributed by atoms with E-state index in [2.05, 4.69) is 25.1 Å². The van der Waals surface area contributed by atoms with Crippen LogP contribution >= 0.6 is 35.0 Å². The van der Waals surface area contributed by atoms with Crippen LogP contribution in [0.1, 0.15) is 16.7 Å². The van der Waals surface area contributed by atoms with Crippen molar-refractivity contribution in [1.82, 2.24) is 14.8 Å². The second-order valence-corrected chi connectivity index (χ2v) is 12.2. The van der Waals surface area contributed by atoms with Gasteiger partial charge in [0.1, 0.15) is 16.9 Å². The van der Waals surface area contributed by atoms with Crippen molar-refractivity contribution in [1.29, 1.82) is 0 Å². The molecule has 1 aromatic heterocycles. The topological polar surface area (TPSA) is 111 Å². The lowest BCUT2D eigenvalue weighted by molar-refractivity contribution is -0.274. The number of ether oxygens (including phenoxy) is 2. The number of alkyl halides is 5. The van der Waals surface area contributed by atoms with Gasteiger partial charge in [0, 0.05) is 16.8 Å². The zero-order chi connectivity index (χ0) is 33.0. The average molecular weight is 694 g/mol. The van der Waals surface area contributed by atoms with Crippen molar-refractivity contribution in [2.24, 2.45) is 4.99 Å². The maximum atomic E-state index is 13.0. The summed E-state index contributed by atoms with van der Waals surface area (Å²) >= 11 is 12.7. The van der Waals surface area contributed by atoms with Crippen LogP contribution in [0.4, 0.5) is 29.3 Å². The van der Waals surface area contributed by atoms with Gasteiger partial charge in [0.05, 0.1) is 30.3 Å². The quantitative estimate of drug-likeness (QED) is 0.182. The summed E-state index contributed by atoms with van der Waals surface area (Å²) < 4.78 is 48.2. The zero-order valence-electron chi connectivity index (χ0n) is 24.2. The molecule has 0 saturated carbocycles. The number of halogens is 5. The van der Waals surface area contributed by atoms with E-state index in [-0.39, 0.29) is 35.8 Å². The summed E-state index contributed by atoms with van der Waals surface area (Å²) in [6.45, 7) is 3.94. The molecule has 16 heteroatoms. The number of aryl methyl sites for hydroxylation is 2. The van der Waals surface area contributed by atoms with E-state index in [1.165, 1.54) is 40.2 Å². The van der Waals surface area contributed by atoms with E-state index in [4.69, 9.17) is 27.9 Å². The highest BCUT2D eigenvalue weighted by Gasteiger charge is 2.32. The van der Waals surface area contributed by atoms with Crippen molar-refractivity contribution in [3.8, 4) is 22.8 Å². The van der Waals surface area contributed by atoms with Gasteiger partial charge in [-0.3, -0.25) is 9.69 Å². The van der Waals surface area contributed by atoms with Gasteiger partial charge in [-0.25, -0.2) is 14.5 Å². The fourth-order valence-corrected chi connectivity index (χ4v) is 5.47. The van der Waals surface area contributed by atoms with Crippen molar-refractivity contribution < 1.29 is 32.2 Å². The number of rotatable bonds is 9. The van der Waals surface area contributed by atoms with Gasteiger partial charge in [0.25, 0.3) is 0 Å². The van der Waals surface area contributed by atoms with Gasteiger partial charge in [0.2, 0.25) is 5.91 Å². The standard InChI is InChI=1S/C30H25Cl2F3N6O4S/c1-17-3-4-20(13-44-14-25(31)32)24(11-17)41-26(42)15-46-29(41)38-28(43)37-23-10-5-19(12-18(23)2)27-36-16-40(39-27)21-6-8-22(9-7-21)45-30(33,34)35/h3-12,16,25H,13-15H2,1-2H3,(H,37,43)/b38-29-. The van der Waals surface area contributed by atoms with Crippen LogP contribution in [0.3, 0.4) is 0 Å². The molecule has 3 aromatic carbocycles. The number of benzene rings is 3. The number of anilines is 2. The highest BCUT2D eigenvalue weighted by molar-refractivity contribution is 8.15. The van der Waals surface area contributed by atoms with Gasteiger partial charge < -0.3 is 14.8 Å². The van der Waals surface area contributed by atoms with Crippen molar-refractivity contribution in [3.05, 3.63) is 83.7 Å². The SMILES string of the molecule is Cc1ccc(COCC(Cl)Cl)c(N2C(=O)CS/C2=N\C(=O)Nc2ccc(-c3ncn(-c4ccc(OC(F)(F)F)cc4)n3)cc2C)c1. The molecule has 1 saturated heterocycles. The van der Waals surface area contributed by atoms with Gasteiger partial charge in [0.15, 0.2) is 11.0 Å². The first kappa shape index (κ1) is 33.3. The largest absolute Gasteiger partial charge is 0.573 e. The van der Waals surface area contributed by atoms with Gasteiger partial charge >= 0.3 is 12.4 Å². The predicted molar refractivity (Wildman–Crippen MR) is 171 cm³/mol. The summed E-state index contributed by atoms with van der Waals surface area (Å²) in [5.74, 6) is -0.100. The summed E-state index contributed by atoms with van der Waals surface area (Å²) in [5.41, 5.74) is 4.47. The van der Waals surface area contributed by atoms with E-state index in [0.717, 1.165) is 17.3 Å². The first-order valence-corrected chi connectivity index (χ1v) is 15.4. The van der Waals surface area contributed by atoms with E-state index in [1.807, 2.05) is 25.1 Å². The number of nitrogens with one attached hydrogen (secondary N) is 1. The Morgan fingerprint density at radius 2 is 1.87 bits per heavy atom. The molecule has 0 spiro atoms. The Labute approximate surface area is 275 Å². The van der Waals surface area contributed by atoms with E-state index in [1.54, 1.807) is 25.1 Å². The highest BCUT2D eigenvalue weighted by atomic mass is 35.5. The Morgan fingerprint density at radius 1 is 1.11 bits per heavy atom. The molecule has 240 valence electrons. The summed E-state index contributed by atoms with van der Waals surface area (Å²) in [5, 5.41) is 7.39. The van der Waals surface area contributed by atoms with Gasteiger partial charge in [-0.1, -0.05) is 23.9 Å². The fourth-order valence-electron chi connectivity index (χ4n) is 4.44. The minimum Gasteiger partial charge on any atom is -0.406 e. The van der Waals surface area contributed by atoms with Gasteiger partial charge in [-0.2, -0.15) is 4.99 Å². The Kier molecular flexibility index (Phi) is 10.2. The number of amidine groups is 1. The summed E-state index contributed by atoms with van der Waals surface area (Å²) in [6, 6.07) is 15.2. The second-order valence-electron chi connectivity index (χ2n) is 9.96. The first-order chi connectivity index (χ1) is 21.9. The van der Waals surface area contributed by atoms with E-state index < -0.39 is 17.2 Å². The Balaban J connectivity index is 1.29.